The molecule has 1 aromatic carbocycles. The molecule has 1 saturated heterocycles. The van der Waals surface area contributed by atoms with E-state index in [9.17, 15) is 5.11 Å². The minimum absolute atomic E-state index is 0.540. The summed E-state index contributed by atoms with van der Waals surface area (Å²) in [6, 6.07) is 5.59. The van der Waals surface area contributed by atoms with Crippen molar-refractivity contribution in [2.24, 2.45) is 7.05 Å². The fraction of sp³-hybridized carbons (Fsp3) is 0.500. The highest BCUT2D eigenvalue weighted by Gasteiger charge is 2.33. The molecular weight excluding hydrogens is 377 g/mol. The van der Waals surface area contributed by atoms with Gasteiger partial charge in [0.1, 0.15) is 0 Å². The van der Waals surface area contributed by atoms with E-state index >= 15 is 0 Å². The van der Waals surface area contributed by atoms with Crippen molar-refractivity contribution >= 4 is 35.1 Å². The molecule has 2 aromatic rings. The second-order valence-corrected chi connectivity index (χ2v) is 8.72. The first-order valence-corrected chi connectivity index (χ1v) is 9.90. The lowest BCUT2D eigenvalue weighted by Crippen LogP contribution is -2.43. The van der Waals surface area contributed by atoms with Crippen molar-refractivity contribution in [3.05, 3.63) is 45.2 Å². The molecule has 136 valence electrons. The van der Waals surface area contributed by atoms with Crippen LogP contribution in [0.4, 0.5) is 0 Å². The molecule has 1 N–H and O–H groups in total. The number of hydrogen-bond donors (Lipinski definition) is 1. The van der Waals surface area contributed by atoms with Gasteiger partial charge in [-0.15, -0.1) is 0 Å². The second kappa shape index (κ2) is 7.49. The molecule has 0 radical (unpaired) electrons. The van der Waals surface area contributed by atoms with Gasteiger partial charge in [-0.3, -0.25) is 4.68 Å². The van der Waals surface area contributed by atoms with Crippen LogP contribution in [0.3, 0.4) is 0 Å². The molecular formula is C18H23Cl2N3OS. The fourth-order valence-corrected chi connectivity index (χ4v) is 4.60. The Hall–Kier alpha value is -0.720. The zero-order valence-corrected chi connectivity index (χ0v) is 17.0. The predicted octanol–water partition coefficient (Wildman–Crippen LogP) is 4.42. The Labute approximate surface area is 163 Å². The van der Waals surface area contributed by atoms with Crippen LogP contribution in [0, 0.1) is 13.8 Å². The number of halogens is 2. The van der Waals surface area contributed by atoms with E-state index in [0.717, 1.165) is 37.2 Å². The molecule has 2 heterocycles. The number of rotatable bonds is 4. The van der Waals surface area contributed by atoms with Gasteiger partial charge < -0.3 is 5.11 Å². The standard InChI is InChI=1S/C18H23Cl2N3OS/c1-12-17(13(2)22(3)21-12)25-23-8-6-18(24,7-9-23)11-14-4-5-15(19)16(20)10-14/h4-5,10,24H,6-9,11H2,1-3H3. The van der Waals surface area contributed by atoms with Crippen molar-refractivity contribution in [3.8, 4) is 0 Å². The number of aryl methyl sites for hydroxylation is 2. The maximum atomic E-state index is 11.0. The van der Waals surface area contributed by atoms with Gasteiger partial charge in [-0.1, -0.05) is 29.3 Å². The van der Waals surface area contributed by atoms with Gasteiger partial charge in [-0.05, 0) is 56.3 Å². The molecule has 0 aliphatic carbocycles. The Bertz CT molecular complexity index is 770. The van der Waals surface area contributed by atoms with Crippen LogP contribution >= 0.6 is 35.1 Å². The van der Waals surface area contributed by atoms with Gasteiger partial charge in [-0.25, -0.2) is 4.31 Å². The van der Waals surface area contributed by atoms with E-state index in [4.69, 9.17) is 23.2 Å². The second-order valence-electron chi connectivity index (χ2n) is 6.79. The number of aromatic nitrogens is 2. The van der Waals surface area contributed by atoms with Crippen molar-refractivity contribution in [1.82, 2.24) is 14.1 Å². The Morgan fingerprint density at radius 2 is 1.88 bits per heavy atom. The van der Waals surface area contributed by atoms with E-state index in [1.54, 1.807) is 18.0 Å². The molecule has 0 saturated carbocycles. The Morgan fingerprint density at radius 1 is 1.20 bits per heavy atom. The van der Waals surface area contributed by atoms with Crippen molar-refractivity contribution < 1.29 is 5.11 Å². The lowest BCUT2D eigenvalue weighted by atomic mass is 9.86. The van der Waals surface area contributed by atoms with Crippen LogP contribution in [0.5, 0.6) is 0 Å². The van der Waals surface area contributed by atoms with Crippen LogP contribution in [-0.2, 0) is 13.5 Å². The van der Waals surface area contributed by atoms with Crippen LogP contribution in [0.1, 0.15) is 29.8 Å². The van der Waals surface area contributed by atoms with Crippen molar-refractivity contribution in [3.63, 3.8) is 0 Å². The molecule has 7 heteroatoms. The van der Waals surface area contributed by atoms with Gasteiger partial charge in [0.15, 0.2) is 0 Å². The van der Waals surface area contributed by atoms with Crippen molar-refractivity contribution in [1.29, 1.82) is 0 Å². The molecule has 4 nitrogen and oxygen atoms in total. The van der Waals surface area contributed by atoms with Crippen LogP contribution in [0.25, 0.3) is 0 Å². The average Bonchev–Trinajstić information content (AvgIpc) is 2.79. The monoisotopic (exact) mass is 399 g/mol. The minimum Gasteiger partial charge on any atom is -0.389 e. The highest BCUT2D eigenvalue weighted by Crippen LogP contribution is 2.35. The lowest BCUT2D eigenvalue weighted by Gasteiger charge is -2.37. The van der Waals surface area contributed by atoms with Crippen molar-refractivity contribution in [2.45, 2.75) is 43.6 Å². The van der Waals surface area contributed by atoms with Gasteiger partial charge in [0.25, 0.3) is 0 Å². The number of benzene rings is 1. The smallest absolute Gasteiger partial charge is 0.0745 e. The maximum absolute atomic E-state index is 11.0. The molecule has 0 bridgehead atoms. The van der Waals surface area contributed by atoms with E-state index in [2.05, 4.69) is 16.3 Å². The molecule has 0 amide bonds. The summed E-state index contributed by atoms with van der Waals surface area (Å²) in [5.41, 5.74) is 2.57. The van der Waals surface area contributed by atoms with E-state index < -0.39 is 5.60 Å². The van der Waals surface area contributed by atoms with Gasteiger partial charge in [0.05, 0.1) is 31.9 Å². The van der Waals surface area contributed by atoms with Gasteiger partial charge in [0.2, 0.25) is 0 Å². The Kier molecular flexibility index (Phi) is 5.71. The van der Waals surface area contributed by atoms with E-state index in [1.165, 1.54) is 10.6 Å². The summed E-state index contributed by atoms with van der Waals surface area (Å²) in [6.07, 6.45) is 2.07. The normalized spacial score (nSPS) is 17.8. The third-order valence-corrected chi connectivity index (χ3v) is 6.97. The van der Waals surface area contributed by atoms with Crippen LogP contribution in [-0.4, -0.2) is 37.9 Å². The third-order valence-electron chi connectivity index (χ3n) is 4.83. The summed E-state index contributed by atoms with van der Waals surface area (Å²) < 4.78 is 4.24. The molecule has 1 fully saturated rings. The zero-order chi connectivity index (χ0) is 18.2. The lowest BCUT2D eigenvalue weighted by molar-refractivity contribution is -0.00285. The summed E-state index contributed by atoms with van der Waals surface area (Å²) in [4.78, 5) is 1.22. The third kappa shape index (κ3) is 4.34. The van der Waals surface area contributed by atoms with E-state index in [1.807, 2.05) is 30.8 Å². The van der Waals surface area contributed by atoms with E-state index in [-0.39, 0.29) is 0 Å². The number of aliphatic hydroxyl groups is 1. The largest absolute Gasteiger partial charge is 0.389 e. The molecule has 0 spiro atoms. The Balaban J connectivity index is 1.61. The summed E-state index contributed by atoms with van der Waals surface area (Å²) in [7, 11) is 1.97. The summed E-state index contributed by atoms with van der Waals surface area (Å²) in [6.45, 7) is 5.82. The highest BCUT2D eigenvalue weighted by molar-refractivity contribution is 7.97. The van der Waals surface area contributed by atoms with Crippen LogP contribution in [0.15, 0.2) is 23.1 Å². The van der Waals surface area contributed by atoms with Crippen LogP contribution in [0.2, 0.25) is 10.0 Å². The van der Waals surface area contributed by atoms with E-state index in [0.29, 0.717) is 16.5 Å². The first-order chi connectivity index (χ1) is 11.8. The predicted molar refractivity (Wildman–Crippen MR) is 104 cm³/mol. The molecule has 1 aromatic heterocycles. The number of nitrogens with zero attached hydrogens (tertiary/aromatic N) is 3. The average molecular weight is 400 g/mol. The van der Waals surface area contributed by atoms with Gasteiger partial charge >= 0.3 is 0 Å². The highest BCUT2D eigenvalue weighted by atomic mass is 35.5. The first kappa shape index (κ1) is 19.1. The quantitative estimate of drug-likeness (QED) is 0.772. The summed E-state index contributed by atoms with van der Waals surface area (Å²) in [5, 5.41) is 16.5. The van der Waals surface area contributed by atoms with Crippen molar-refractivity contribution in [2.75, 3.05) is 13.1 Å². The molecule has 1 aliphatic rings. The molecule has 1 aliphatic heterocycles. The van der Waals surface area contributed by atoms with Gasteiger partial charge in [0, 0.05) is 26.6 Å². The van der Waals surface area contributed by atoms with Gasteiger partial charge in [-0.2, -0.15) is 5.10 Å². The molecule has 0 unspecified atom stereocenters. The molecule has 25 heavy (non-hydrogen) atoms. The first-order valence-electron chi connectivity index (χ1n) is 8.37. The minimum atomic E-state index is -0.687. The Morgan fingerprint density at radius 3 is 2.44 bits per heavy atom. The zero-order valence-electron chi connectivity index (χ0n) is 14.7. The number of piperidine rings is 1. The summed E-state index contributed by atoms with van der Waals surface area (Å²) >= 11 is 13.8. The fourth-order valence-electron chi connectivity index (χ4n) is 3.22. The SMILES string of the molecule is Cc1nn(C)c(C)c1SN1CCC(O)(Cc2ccc(Cl)c(Cl)c2)CC1. The maximum Gasteiger partial charge on any atom is 0.0745 e. The molecule has 3 rings (SSSR count). The topological polar surface area (TPSA) is 41.3 Å². The van der Waals surface area contributed by atoms with Crippen LogP contribution < -0.4 is 0 Å². The molecule has 0 atom stereocenters. The number of hydrogen-bond acceptors (Lipinski definition) is 4. The summed E-state index contributed by atoms with van der Waals surface area (Å²) in [5.74, 6) is 0.